The first-order valence-electron chi connectivity index (χ1n) is 8.08. The maximum atomic E-state index is 4.88. The number of rotatable bonds is 3. The van der Waals surface area contributed by atoms with Crippen LogP contribution in [0.2, 0.25) is 0 Å². The van der Waals surface area contributed by atoms with Crippen molar-refractivity contribution in [1.82, 2.24) is 4.98 Å². The van der Waals surface area contributed by atoms with E-state index < -0.39 is 0 Å². The molecule has 0 aliphatic heterocycles. The average molecular weight is 307 g/mol. The van der Waals surface area contributed by atoms with E-state index in [1.165, 1.54) is 11.1 Å². The van der Waals surface area contributed by atoms with Gasteiger partial charge in [0.15, 0.2) is 0 Å². The molecule has 0 bridgehead atoms. The molecule has 3 aromatic carbocycles. The SMILES string of the molecule is C(=Cc1nc2ccccc2cc1-c1ccccc1)c1ccccc1. The first-order valence-corrected chi connectivity index (χ1v) is 8.08. The molecule has 0 fully saturated rings. The zero-order chi connectivity index (χ0) is 16.2. The van der Waals surface area contributed by atoms with E-state index in [1.54, 1.807) is 0 Å². The third-order valence-corrected chi connectivity index (χ3v) is 4.07. The minimum atomic E-state index is 0.990. The van der Waals surface area contributed by atoms with E-state index in [0.717, 1.165) is 22.2 Å². The van der Waals surface area contributed by atoms with Crippen LogP contribution in [0.1, 0.15) is 11.3 Å². The fourth-order valence-corrected chi connectivity index (χ4v) is 2.85. The fraction of sp³-hybridized carbons (Fsp3) is 0. The Bertz CT molecular complexity index is 986. The lowest BCUT2D eigenvalue weighted by Gasteiger charge is -2.08. The number of hydrogen-bond acceptors (Lipinski definition) is 1. The summed E-state index contributed by atoms with van der Waals surface area (Å²) in [5, 5.41) is 1.16. The van der Waals surface area contributed by atoms with Gasteiger partial charge in [-0.15, -0.1) is 0 Å². The molecule has 0 aliphatic rings. The van der Waals surface area contributed by atoms with Crippen molar-refractivity contribution >= 4 is 23.1 Å². The highest BCUT2D eigenvalue weighted by molar-refractivity contribution is 5.89. The molecule has 0 saturated carbocycles. The Balaban J connectivity index is 1.87. The van der Waals surface area contributed by atoms with Gasteiger partial charge in [0, 0.05) is 10.9 Å². The zero-order valence-corrected chi connectivity index (χ0v) is 13.3. The third-order valence-electron chi connectivity index (χ3n) is 4.07. The standard InChI is InChI=1S/C23H17N/c1-3-9-18(10-4-1)15-16-23-21(19-11-5-2-6-12-19)17-20-13-7-8-14-22(20)24-23/h1-17H. The zero-order valence-electron chi connectivity index (χ0n) is 13.3. The number of benzene rings is 3. The van der Waals surface area contributed by atoms with Gasteiger partial charge >= 0.3 is 0 Å². The van der Waals surface area contributed by atoms with Crippen LogP contribution >= 0.6 is 0 Å². The Kier molecular flexibility index (Phi) is 3.91. The highest BCUT2D eigenvalue weighted by Crippen LogP contribution is 2.27. The van der Waals surface area contributed by atoms with Gasteiger partial charge < -0.3 is 0 Å². The summed E-state index contributed by atoms with van der Waals surface area (Å²) >= 11 is 0. The largest absolute Gasteiger partial charge is 0.248 e. The van der Waals surface area contributed by atoms with Crippen molar-refractivity contribution in [3.8, 4) is 11.1 Å². The van der Waals surface area contributed by atoms with Gasteiger partial charge in [0.2, 0.25) is 0 Å². The molecule has 0 atom stereocenters. The molecule has 24 heavy (non-hydrogen) atoms. The molecule has 0 N–H and O–H groups in total. The summed E-state index contributed by atoms with van der Waals surface area (Å²) in [6, 6.07) is 31.2. The highest BCUT2D eigenvalue weighted by atomic mass is 14.7. The van der Waals surface area contributed by atoms with Gasteiger partial charge in [-0.2, -0.15) is 0 Å². The van der Waals surface area contributed by atoms with E-state index in [2.05, 4.69) is 72.8 Å². The first kappa shape index (κ1) is 14.4. The topological polar surface area (TPSA) is 12.9 Å². The summed E-state index contributed by atoms with van der Waals surface area (Å²) in [6.07, 6.45) is 4.22. The lowest BCUT2D eigenvalue weighted by molar-refractivity contribution is 1.37. The molecule has 0 aliphatic carbocycles. The van der Waals surface area contributed by atoms with E-state index >= 15 is 0 Å². The minimum absolute atomic E-state index is 0.990. The maximum Gasteiger partial charge on any atom is 0.0715 e. The van der Waals surface area contributed by atoms with Gasteiger partial charge in [-0.3, -0.25) is 0 Å². The van der Waals surface area contributed by atoms with Crippen LogP contribution in [-0.2, 0) is 0 Å². The molecule has 1 heterocycles. The molecule has 4 rings (SSSR count). The summed E-state index contributed by atoms with van der Waals surface area (Å²) < 4.78 is 0. The Morgan fingerprint density at radius 1 is 0.625 bits per heavy atom. The van der Waals surface area contributed by atoms with Crippen molar-refractivity contribution in [2.24, 2.45) is 0 Å². The summed E-state index contributed by atoms with van der Waals surface area (Å²) in [5.74, 6) is 0. The van der Waals surface area contributed by atoms with Crippen molar-refractivity contribution in [3.05, 3.63) is 102 Å². The van der Waals surface area contributed by atoms with Crippen LogP contribution in [0, 0.1) is 0 Å². The van der Waals surface area contributed by atoms with Crippen molar-refractivity contribution in [1.29, 1.82) is 0 Å². The molecular formula is C23H17N. The van der Waals surface area contributed by atoms with Gasteiger partial charge in [-0.05, 0) is 29.3 Å². The van der Waals surface area contributed by atoms with Crippen LogP contribution in [0.3, 0.4) is 0 Å². The molecule has 1 nitrogen and oxygen atoms in total. The van der Waals surface area contributed by atoms with E-state index in [1.807, 2.05) is 30.3 Å². The third kappa shape index (κ3) is 2.97. The molecular weight excluding hydrogens is 290 g/mol. The van der Waals surface area contributed by atoms with E-state index in [-0.39, 0.29) is 0 Å². The second-order valence-corrected chi connectivity index (χ2v) is 5.72. The van der Waals surface area contributed by atoms with Gasteiger partial charge in [-0.1, -0.05) is 84.9 Å². The van der Waals surface area contributed by atoms with Crippen LogP contribution in [0.15, 0.2) is 91.0 Å². The molecule has 0 unspecified atom stereocenters. The fourth-order valence-electron chi connectivity index (χ4n) is 2.85. The lowest BCUT2D eigenvalue weighted by atomic mass is 10.0. The Labute approximate surface area is 141 Å². The summed E-state index contributed by atoms with van der Waals surface area (Å²) in [5.41, 5.74) is 5.52. The van der Waals surface area contributed by atoms with Crippen molar-refractivity contribution in [2.45, 2.75) is 0 Å². The number of nitrogens with zero attached hydrogens (tertiary/aromatic N) is 1. The van der Waals surface area contributed by atoms with Gasteiger partial charge in [0.25, 0.3) is 0 Å². The number of fused-ring (bicyclic) bond motifs is 1. The number of para-hydroxylation sites is 1. The summed E-state index contributed by atoms with van der Waals surface area (Å²) in [6.45, 7) is 0. The maximum absolute atomic E-state index is 4.88. The van der Waals surface area contributed by atoms with Crippen molar-refractivity contribution in [2.75, 3.05) is 0 Å². The molecule has 0 amide bonds. The molecule has 1 aromatic heterocycles. The smallest absolute Gasteiger partial charge is 0.0715 e. The normalized spacial score (nSPS) is 11.2. The van der Waals surface area contributed by atoms with Gasteiger partial charge in [0.05, 0.1) is 11.2 Å². The lowest BCUT2D eigenvalue weighted by Crippen LogP contribution is -1.90. The minimum Gasteiger partial charge on any atom is -0.248 e. The molecule has 114 valence electrons. The summed E-state index contributed by atoms with van der Waals surface area (Å²) in [7, 11) is 0. The number of pyridine rings is 1. The molecule has 0 radical (unpaired) electrons. The van der Waals surface area contributed by atoms with E-state index in [4.69, 9.17) is 4.98 Å². The molecule has 4 aromatic rings. The molecule has 0 spiro atoms. The molecule has 0 saturated heterocycles. The molecule has 1 heteroatoms. The summed E-state index contributed by atoms with van der Waals surface area (Å²) in [4.78, 5) is 4.88. The Hall–Kier alpha value is -3.19. The average Bonchev–Trinajstić information content (AvgIpc) is 2.67. The number of aromatic nitrogens is 1. The first-order chi connectivity index (χ1) is 11.9. The second-order valence-electron chi connectivity index (χ2n) is 5.72. The highest BCUT2D eigenvalue weighted by Gasteiger charge is 2.06. The van der Waals surface area contributed by atoms with Crippen molar-refractivity contribution < 1.29 is 0 Å². The van der Waals surface area contributed by atoms with Gasteiger partial charge in [0.1, 0.15) is 0 Å². The van der Waals surface area contributed by atoms with Crippen LogP contribution < -0.4 is 0 Å². The monoisotopic (exact) mass is 307 g/mol. The van der Waals surface area contributed by atoms with Crippen LogP contribution in [0.25, 0.3) is 34.2 Å². The van der Waals surface area contributed by atoms with E-state index in [0.29, 0.717) is 0 Å². The van der Waals surface area contributed by atoms with E-state index in [9.17, 15) is 0 Å². The Morgan fingerprint density at radius 3 is 2.08 bits per heavy atom. The van der Waals surface area contributed by atoms with Crippen LogP contribution in [-0.4, -0.2) is 4.98 Å². The quantitative estimate of drug-likeness (QED) is 0.447. The van der Waals surface area contributed by atoms with Crippen LogP contribution in [0.4, 0.5) is 0 Å². The predicted octanol–water partition coefficient (Wildman–Crippen LogP) is 6.07. The second kappa shape index (κ2) is 6.51. The van der Waals surface area contributed by atoms with Crippen LogP contribution in [0.5, 0.6) is 0 Å². The number of hydrogen-bond donors (Lipinski definition) is 0. The van der Waals surface area contributed by atoms with Gasteiger partial charge in [-0.25, -0.2) is 4.98 Å². The van der Waals surface area contributed by atoms with Crippen molar-refractivity contribution in [3.63, 3.8) is 0 Å². The Morgan fingerprint density at radius 2 is 1.29 bits per heavy atom. The predicted molar refractivity (Wildman–Crippen MR) is 103 cm³/mol.